The first-order valence-electron chi connectivity index (χ1n) is 8.88. The molecule has 4 rings (SSSR count). The molecule has 8 heteroatoms. The second kappa shape index (κ2) is 7.85. The number of nitrogens with zero attached hydrogens (tertiary/aromatic N) is 2. The maximum atomic E-state index is 12.3. The second-order valence-electron chi connectivity index (χ2n) is 6.37. The summed E-state index contributed by atoms with van der Waals surface area (Å²) < 4.78 is 10.5. The molecule has 0 spiro atoms. The molecule has 0 aliphatic carbocycles. The molecule has 1 aliphatic rings. The van der Waals surface area contributed by atoms with Crippen LogP contribution in [0.1, 0.15) is 20.2 Å². The first-order chi connectivity index (χ1) is 13.6. The Morgan fingerprint density at radius 1 is 1.00 bits per heavy atom. The van der Waals surface area contributed by atoms with Crippen LogP contribution < -0.4 is 0 Å². The van der Waals surface area contributed by atoms with Crippen LogP contribution in [0.15, 0.2) is 52.3 Å². The number of hydrogen-bond donors (Lipinski definition) is 0. The normalized spacial score (nSPS) is 14.3. The number of para-hydroxylation sites is 1. The summed E-state index contributed by atoms with van der Waals surface area (Å²) in [5.74, 6) is -0.900. The molecule has 1 aromatic carbocycles. The average molecular weight is 398 g/mol. The van der Waals surface area contributed by atoms with Gasteiger partial charge in [0.2, 0.25) is 5.76 Å². The summed E-state index contributed by atoms with van der Waals surface area (Å²) in [6, 6.07) is 12.5. The van der Waals surface area contributed by atoms with Gasteiger partial charge in [-0.3, -0.25) is 9.59 Å². The van der Waals surface area contributed by atoms with E-state index >= 15 is 0 Å². The maximum Gasteiger partial charge on any atom is 0.374 e. The lowest BCUT2D eigenvalue weighted by Crippen LogP contribution is -2.51. The predicted molar refractivity (Wildman–Crippen MR) is 103 cm³/mol. The number of furan rings is 1. The van der Waals surface area contributed by atoms with Crippen LogP contribution in [0, 0.1) is 0 Å². The van der Waals surface area contributed by atoms with Gasteiger partial charge < -0.3 is 19.0 Å². The Labute approximate surface area is 165 Å². The Hall–Kier alpha value is -3.13. The minimum atomic E-state index is -0.670. The summed E-state index contributed by atoms with van der Waals surface area (Å²) in [5.41, 5.74) is 0.590. The van der Waals surface area contributed by atoms with Crippen molar-refractivity contribution in [2.45, 2.75) is 0 Å². The third-order valence-electron chi connectivity index (χ3n) is 4.60. The lowest BCUT2D eigenvalue weighted by atomic mass is 10.2. The third-order valence-corrected chi connectivity index (χ3v) is 5.46. The fraction of sp³-hybridized carbons (Fsp3) is 0.250. The largest absolute Gasteiger partial charge is 0.450 e. The smallest absolute Gasteiger partial charge is 0.374 e. The number of carbonyl (C=O) groups excluding carboxylic acids is 3. The number of piperazine rings is 1. The van der Waals surface area contributed by atoms with Crippen LogP contribution in [0.3, 0.4) is 0 Å². The number of benzene rings is 1. The topological polar surface area (TPSA) is 80.1 Å². The molecule has 1 fully saturated rings. The highest BCUT2D eigenvalue weighted by atomic mass is 32.1. The highest BCUT2D eigenvalue weighted by Crippen LogP contribution is 2.19. The van der Waals surface area contributed by atoms with Crippen molar-refractivity contribution in [1.29, 1.82) is 0 Å². The van der Waals surface area contributed by atoms with E-state index < -0.39 is 5.97 Å². The van der Waals surface area contributed by atoms with Gasteiger partial charge in [0.15, 0.2) is 6.61 Å². The number of hydrogen-bond acceptors (Lipinski definition) is 6. The Kier molecular flexibility index (Phi) is 5.12. The van der Waals surface area contributed by atoms with Gasteiger partial charge in [-0.15, -0.1) is 11.3 Å². The Morgan fingerprint density at radius 2 is 1.75 bits per heavy atom. The summed E-state index contributed by atoms with van der Waals surface area (Å²) in [5, 5.41) is 2.66. The van der Waals surface area contributed by atoms with Crippen molar-refractivity contribution in [2.24, 2.45) is 0 Å². The summed E-state index contributed by atoms with van der Waals surface area (Å²) in [6.07, 6.45) is 0. The van der Waals surface area contributed by atoms with E-state index in [2.05, 4.69) is 0 Å². The van der Waals surface area contributed by atoms with Gasteiger partial charge in [-0.05, 0) is 23.6 Å². The van der Waals surface area contributed by atoms with Gasteiger partial charge in [0.05, 0.1) is 4.88 Å². The quantitative estimate of drug-likeness (QED) is 0.631. The van der Waals surface area contributed by atoms with Crippen LogP contribution in [-0.2, 0) is 9.53 Å². The van der Waals surface area contributed by atoms with E-state index in [-0.39, 0.29) is 24.2 Å². The van der Waals surface area contributed by atoms with Gasteiger partial charge in [-0.25, -0.2) is 4.79 Å². The molecule has 0 atom stereocenters. The molecule has 3 heterocycles. The Balaban J connectivity index is 1.27. The van der Waals surface area contributed by atoms with Crippen molar-refractivity contribution in [3.8, 4) is 0 Å². The Bertz CT molecular complexity index is 970. The highest BCUT2D eigenvalue weighted by Gasteiger charge is 2.26. The van der Waals surface area contributed by atoms with E-state index in [9.17, 15) is 14.4 Å². The van der Waals surface area contributed by atoms with E-state index in [1.807, 2.05) is 29.6 Å². The van der Waals surface area contributed by atoms with Crippen molar-refractivity contribution >= 4 is 40.1 Å². The minimum Gasteiger partial charge on any atom is -0.450 e. The number of esters is 1. The number of fused-ring (bicyclic) bond motifs is 1. The molecule has 7 nitrogen and oxygen atoms in total. The fourth-order valence-corrected chi connectivity index (χ4v) is 3.78. The summed E-state index contributed by atoms with van der Waals surface area (Å²) >= 11 is 1.40. The number of thiophene rings is 1. The molecule has 1 aliphatic heterocycles. The number of amides is 2. The zero-order valence-electron chi connectivity index (χ0n) is 15.0. The van der Waals surface area contributed by atoms with Crippen molar-refractivity contribution in [3.63, 3.8) is 0 Å². The van der Waals surface area contributed by atoms with Crippen LogP contribution in [0.5, 0.6) is 0 Å². The Morgan fingerprint density at radius 3 is 2.46 bits per heavy atom. The molecule has 2 aromatic heterocycles. The van der Waals surface area contributed by atoms with Gasteiger partial charge in [0.1, 0.15) is 5.58 Å². The highest BCUT2D eigenvalue weighted by molar-refractivity contribution is 7.12. The van der Waals surface area contributed by atoms with E-state index in [4.69, 9.17) is 9.15 Å². The standard InChI is InChI=1S/C20H18N2O5S/c23-18(13-26-20(25)16-12-14-4-1-2-5-15(14)27-16)21-7-9-22(10-8-21)19(24)17-6-3-11-28-17/h1-6,11-12H,7-10,13H2. The molecule has 0 unspecified atom stereocenters. The zero-order valence-corrected chi connectivity index (χ0v) is 15.8. The van der Waals surface area contributed by atoms with Gasteiger partial charge in [0, 0.05) is 31.6 Å². The molecule has 0 radical (unpaired) electrons. The minimum absolute atomic E-state index is 0.0154. The van der Waals surface area contributed by atoms with Crippen LogP contribution in [0.4, 0.5) is 0 Å². The van der Waals surface area contributed by atoms with Crippen molar-refractivity contribution < 1.29 is 23.5 Å². The van der Waals surface area contributed by atoms with Crippen molar-refractivity contribution in [2.75, 3.05) is 32.8 Å². The predicted octanol–water partition coefficient (Wildman–Crippen LogP) is 2.64. The van der Waals surface area contributed by atoms with E-state index in [0.717, 1.165) is 5.39 Å². The van der Waals surface area contributed by atoms with E-state index in [1.54, 1.807) is 28.0 Å². The van der Waals surface area contributed by atoms with Gasteiger partial charge >= 0.3 is 5.97 Å². The lowest BCUT2D eigenvalue weighted by Gasteiger charge is -2.34. The molecule has 3 aromatic rings. The molecule has 144 valence electrons. The van der Waals surface area contributed by atoms with Gasteiger partial charge in [-0.1, -0.05) is 24.3 Å². The summed E-state index contributed by atoms with van der Waals surface area (Å²) in [7, 11) is 0. The fourth-order valence-electron chi connectivity index (χ4n) is 3.09. The summed E-state index contributed by atoms with van der Waals surface area (Å²) in [6.45, 7) is 1.39. The van der Waals surface area contributed by atoms with Crippen LogP contribution >= 0.6 is 11.3 Å². The van der Waals surface area contributed by atoms with E-state index in [0.29, 0.717) is 36.6 Å². The van der Waals surface area contributed by atoms with Crippen molar-refractivity contribution in [1.82, 2.24) is 9.80 Å². The molecule has 0 bridgehead atoms. The van der Waals surface area contributed by atoms with Gasteiger partial charge in [0.25, 0.3) is 11.8 Å². The van der Waals surface area contributed by atoms with Crippen LogP contribution in [0.2, 0.25) is 0 Å². The van der Waals surface area contributed by atoms with Crippen LogP contribution in [-0.4, -0.2) is 60.4 Å². The number of carbonyl (C=O) groups is 3. The third kappa shape index (κ3) is 3.77. The molecular formula is C20H18N2O5S. The molecule has 2 amide bonds. The number of rotatable bonds is 4. The maximum absolute atomic E-state index is 12.3. The first-order valence-corrected chi connectivity index (χ1v) is 9.76. The summed E-state index contributed by atoms with van der Waals surface area (Å²) in [4.78, 5) is 40.8. The van der Waals surface area contributed by atoms with Crippen LogP contribution in [0.25, 0.3) is 11.0 Å². The molecule has 0 saturated carbocycles. The SMILES string of the molecule is O=C(OCC(=O)N1CCN(C(=O)c2cccs2)CC1)c1cc2ccccc2o1. The van der Waals surface area contributed by atoms with Gasteiger partial charge in [-0.2, -0.15) is 0 Å². The molecular weight excluding hydrogens is 380 g/mol. The monoisotopic (exact) mass is 398 g/mol. The molecule has 0 N–H and O–H groups in total. The van der Waals surface area contributed by atoms with Crippen molar-refractivity contribution in [3.05, 3.63) is 58.5 Å². The lowest BCUT2D eigenvalue weighted by molar-refractivity contribution is -0.136. The average Bonchev–Trinajstić information content (AvgIpc) is 3.41. The molecule has 28 heavy (non-hydrogen) atoms. The number of ether oxygens (including phenoxy) is 1. The van der Waals surface area contributed by atoms with E-state index in [1.165, 1.54) is 11.3 Å². The second-order valence-corrected chi connectivity index (χ2v) is 7.32. The first kappa shape index (κ1) is 18.2. The zero-order chi connectivity index (χ0) is 19.5. The molecule has 1 saturated heterocycles.